The average molecular weight is 411 g/mol. The smallest absolute Gasteiger partial charge is 0.320 e. The lowest BCUT2D eigenvalue weighted by Crippen LogP contribution is -2.35. The van der Waals surface area contributed by atoms with Crippen molar-refractivity contribution in [2.24, 2.45) is 0 Å². The fraction of sp³-hybridized carbons (Fsp3) is 0.190. The van der Waals surface area contributed by atoms with Crippen molar-refractivity contribution in [1.29, 1.82) is 0 Å². The lowest BCUT2D eigenvalue weighted by atomic mass is 10.0. The fourth-order valence-electron chi connectivity index (χ4n) is 3.25. The minimum absolute atomic E-state index is 0.0198. The van der Waals surface area contributed by atoms with Gasteiger partial charge in [0.05, 0.1) is 23.4 Å². The largest absolute Gasteiger partial charge is 0.492 e. The van der Waals surface area contributed by atoms with E-state index >= 15 is 0 Å². The highest BCUT2D eigenvalue weighted by atomic mass is 35.5. The Morgan fingerprint density at radius 2 is 2.03 bits per heavy atom. The quantitative estimate of drug-likeness (QED) is 0.625. The lowest BCUT2D eigenvalue weighted by Gasteiger charge is -2.27. The summed E-state index contributed by atoms with van der Waals surface area (Å²) in [5.74, 6) is 0.989. The SMILES string of the molecule is CC(=O)c1cccc(-n2ccc(NC(=O)N[C@H]3CCOc4c(Cl)cccc43)n2)c1. The molecule has 0 unspecified atom stereocenters. The highest BCUT2D eigenvalue weighted by Gasteiger charge is 2.24. The number of para-hydroxylation sites is 1. The molecule has 2 heterocycles. The van der Waals surface area contributed by atoms with Crippen LogP contribution in [0.5, 0.6) is 5.75 Å². The van der Waals surface area contributed by atoms with E-state index in [0.29, 0.717) is 35.2 Å². The highest BCUT2D eigenvalue weighted by molar-refractivity contribution is 6.32. The van der Waals surface area contributed by atoms with Crippen molar-refractivity contribution in [3.63, 3.8) is 0 Å². The highest BCUT2D eigenvalue weighted by Crippen LogP contribution is 2.37. The van der Waals surface area contributed by atoms with E-state index in [-0.39, 0.29) is 17.9 Å². The van der Waals surface area contributed by atoms with Gasteiger partial charge in [-0.05, 0) is 25.1 Å². The number of rotatable bonds is 4. The first-order valence-electron chi connectivity index (χ1n) is 9.17. The first-order chi connectivity index (χ1) is 14.0. The second kappa shape index (κ2) is 7.97. The summed E-state index contributed by atoms with van der Waals surface area (Å²) in [4.78, 5) is 24.0. The predicted octanol–water partition coefficient (Wildman–Crippen LogP) is 4.37. The topological polar surface area (TPSA) is 85.2 Å². The molecule has 2 N–H and O–H groups in total. The molecular weight excluding hydrogens is 392 g/mol. The molecular formula is C21H19ClN4O3. The van der Waals surface area contributed by atoms with E-state index in [2.05, 4.69) is 15.7 Å². The summed E-state index contributed by atoms with van der Waals surface area (Å²) in [6, 6.07) is 13.7. The van der Waals surface area contributed by atoms with E-state index in [1.54, 1.807) is 41.2 Å². The van der Waals surface area contributed by atoms with Gasteiger partial charge in [-0.3, -0.25) is 10.1 Å². The number of ether oxygens (including phenoxy) is 1. The molecule has 0 spiro atoms. The van der Waals surface area contributed by atoms with Crippen molar-refractivity contribution >= 4 is 29.2 Å². The Morgan fingerprint density at radius 3 is 2.86 bits per heavy atom. The van der Waals surface area contributed by atoms with E-state index in [9.17, 15) is 9.59 Å². The number of hydrogen-bond acceptors (Lipinski definition) is 4. The number of carbonyl (C=O) groups excluding carboxylic acids is 2. The maximum Gasteiger partial charge on any atom is 0.320 e. The summed E-state index contributed by atoms with van der Waals surface area (Å²) in [5, 5.41) is 10.6. The standard InChI is InChI=1S/C21H19ClN4O3/c1-13(27)14-4-2-5-15(12-14)26-10-8-19(25-26)24-21(28)23-18-9-11-29-20-16(18)6-3-7-17(20)22/h2-8,10,12,18H,9,11H2,1H3,(H2,23,24,25,28)/t18-/m0/s1. The van der Waals surface area contributed by atoms with Crippen LogP contribution in [-0.4, -0.2) is 28.2 Å². The summed E-state index contributed by atoms with van der Waals surface area (Å²) < 4.78 is 7.22. The zero-order valence-corrected chi connectivity index (χ0v) is 16.4. The first-order valence-corrected chi connectivity index (χ1v) is 9.55. The molecule has 3 aromatic rings. The van der Waals surface area contributed by atoms with Crippen LogP contribution in [0.25, 0.3) is 5.69 Å². The van der Waals surface area contributed by atoms with Crippen LogP contribution in [0.4, 0.5) is 10.6 Å². The van der Waals surface area contributed by atoms with Crippen LogP contribution >= 0.6 is 11.6 Å². The second-order valence-corrected chi connectivity index (χ2v) is 7.11. The van der Waals surface area contributed by atoms with Crippen molar-refractivity contribution in [2.75, 3.05) is 11.9 Å². The number of nitrogens with one attached hydrogen (secondary N) is 2. The van der Waals surface area contributed by atoms with Crippen LogP contribution in [0.2, 0.25) is 5.02 Å². The third-order valence-corrected chi connectivity index (χ3v) is 4.98. The molecule has 0 saturated carbocycles. The maximum atomic E-state index is 12.5. The van der Waals surface area contributed by atoms with Gasteiger partial charge in [-0.15, -0.1) is 5.10 Å². The van der Waals surface area contributed by atoms with Crippen molar-refractivity contribution < 1.29 is 14.3 Å². The van der Waals surface area contributed by atoms with E-state index in [0.717, 1.165) is 11.3 Å². The van der Waals surface area contributed by atoms with Crippen LogP contribution in [0.15, 0.2) is 54.7 Å². The minimum atomic E-state index is -0.370. The van der Waals surface area contributed by atoms with Crippen molar-refractivity contribution in [3.05, 3.63) is 70.9 Å². The number of hydrogen-bond donors (Lipinski definition) is 2. The van der Waals surface area contributed by atoms with E-state index in [1.807, 2.05) is 18.2 Å². The Morgan fingerprint density at radius 1 is 1.21 bits per heavy atom. The molecule has 0 aliphatic carbocycles. The van der Waals surface area contributed by atoms with Crippen LogP contribution in [0.3, 0.4) is 0 Å². The van der Waals surface area contributed by atoms with Gasteiger partial charge in [0.1, 0.15) is 5.75 Å². The average Bonchev–Trinajstić information content (AvgIpc) is 3.17. The second-order valence-electron chi connectivity index (χ2n) is 6.70. The Balaban J connectivity index is 1.45. The molecule has 1 aliphatic rings. The number of fused-ring (bicyclic) bond motifs is 1. The van der Waals surface area contributed by atoms with Gasteiger partial charge >= 0.3 is 6.03 Å². The van der Waals surface area contributed by atoms with E-state index in [1.165, 1.54) is 6.92 Å². The van der Waals surface area contributed by atoms with Gasteiger partial charge in [0.15, 0.2) is 11.6 Å². The molecule has 0 radical (unpaired) electrons. The molecule has 148 valence electrons. The molecule has 0 fully saturated rings. The van der Waals surface area contributed by atoms with Gasteiger partial charge in [0, 0.05) is 29.8 Å². The number of anilines is 1. The van der Waals surface area contributed by atoms with Gasteiger partial charge < -0.3 is 10.1 Å². The molecule has 7 nitrogen and oxygen atoms in total. The van der Waals surface area contributed by atoms with Gasteiger partial charge in [0.2, 0.25) is 0 Å². The zero-order valence-electron chi connectivity index (χ0n) is 15.7. The molecule has 1 aromatic heterocycles. The summed E-state index contributed by atoms with van der Waals surface area (Å²) in [6.45, 7) is 1.99. The number of benzene rings is 2. The first kappa shape index (κ1) is 19.0. The summed E-state index contributed by atoms with van der Waals surface area (Å²) >= 11 is 6.18. The van der Waals surface area contributed by atoms with Crippen molar-refractivity contribution in [2.45, 2.75) is 19.4 Å². The Kier molecular flexibility index (Phi) is 5.22. The summed E-state index contributed by atoms with van der Waals surface area (Å²) in [5.41, 5.74) is 2.19. The van der Waals surface area contributed by atoms with Crippen LogP contribution in [0.1, 0.15) is 35.3 Å². The Bertz CT molecular complexity index is 1080. The van der Waals surface area contributed by atoms with Crippen LogP contribution in [0, 0.1) is 0 Å². The number of carbonyl (C=O) groups is 2. The molecule has 8 heteroatoms. The number of halogens is 1. The van der Waals surface area contributed by atoms with Crippen molar-refractivity contribution in [1.82, 2.24) is 15.1 Å². The molecule has 0 bridgehead atoms. The third-order valence-electron chi connectivity index (χ3n) is 4.68. The number of aromatic nitrogens is 2. The monoisotopic (exact) mass is 410 g/mol. The minimum Gasteiger partial charge on any atom is -0.492 e. The van der Waals surface area contributed by atoms with Gasteiger partial charge in [-0.1, -0.05) is 35.9 Å². The molecule has 2 aromatic carbocycles. The van der Waals surface area contributed by atoms with Gasteiger partial charge in [-0.2, -0.15) is 0 Å². The van der Waals surface area contributed by atoms with Crippen LogP contribution in [-0.2, 0) is 0 Å². The number of nitrogens with zero attached hydrogens (tertiary/aromatic N) is 2. The predicted molar refractivity (Wildman–Crippen MR) is 110 cm³/mol. The van der Waals surface area contributed by atoms with Gasteiger partial charge in [0.25, 0.3) is 0 Å². The number of Topliss-reactive ketones (excluding diaryl/α,β-unsaturated/α-hetero) is 1. The maximum absolute atomic E-state index is 12.5. The fourth-order valence-corrected chi connectivity index (χ4v) is 3.49. The molecule has 29 heavy (non-hydrogen) atoms. The number of urea groups is 1. The Hall–Kier alpha value is -3.32. The normalized spacial score (nSPS) is 15.2. The van der Waals surface area contributed by atoms with Gasteiger partial charge in [-0.25, -0.2) is 9.48 Å². The van der Waals surface area contributed by atoms with E-state index in [4.69, 9.17) is 16.3 Å². The molecule has 0 saturated heterocycles. The molecule has 1 atom stereocenters. The van der Waals surface area contributed by atoms with E-state index < -0.39 is 0 Å². The van der Waals surface area contributed by atoms with Crippen molar-refractivity contribution in [3.8, 4) is 11.4 Å². The number of amides is 2. The Labute approximate surface area is 172 Å². The summed E-state index contributed by atoms with van der Waals surface area (Å²) in [6.07, 6.45) is 2.37. The molecule has 1 aliphatic heterocycles. The third kappa shape index (κ3) is 4.09. The summed E-state index contributed by atoms with van der Waals surface area (Å²) in [7, 11) is 0. The molecule has 2 amide bonds. The van der Waals surface area contributed by atoms with Crippen LogP contribution < -0.4 is 15.4 Å². The number of ketones is 1. The lowest BCUT2D eigenvalue weighted by molar-refractivity contribution is 0.101. The zero-order chi connectivity index (χ0) is 20.4. The molecule has 4 rings (SSSR count).